The third kappa shape index (κ3) is 7.00. The van der Waals surface area contributed by atoms with Crippen molar-refractivity contribution in [2.75, 3.05) is 6.61 Å². The number of rotatable bonds is 3. The molecule has 0 radical (unpaired) electrons. The van der Waals surface area contributed by atoms with Crippen LogP contribution >= 0.6 is 25.6 Å². The van der Waals surface area contributed by atoms with Crippen LogP contribution in [0.15, 0.2) is 0 Å². The molecule has 1 fully saturated rings. The van der Waals surface area contributed by atoms with E-state index in [0.717, 1.165) is 16.0 Å². The number of amides is 1. The van der Waals surface area contributed by atoms with E-state index in [-0.39, 0.29) is 29.6 Å². The van der Waals surface area contributed by atoms with Gasteiger partial charge in [-0.3, -0.25) is 0 Å². The number of carbonyl (C=O) groups excluding carboxylic acids is 1. The Bertz CT molecular complexity index is 187. The minimum atomic E-state index is -0.493. The van der Waals surface area contributed by atoms with E-state index in [1.807, 2.05) is 0 Å². The van der Waals surface area contributed by atoms with Gasteiger partial charge in [-0.2, -0.15) is 3.71 Å². The van der Waals surface area contributed by atoms with Crippen LogP contribution in [0.1, 0.15) is 38.5 Å². The van der Waals surface area contributed by atoms with Crippen LogP contribution in [0.25, 0.3) is 0 Å². The molecule has 0 heterocycles. The number of ether oxygens (including phenoxy) is 1. The second kappa shape index (κ2) is 9.05. The predicted octanol–water partition coefficient (Wildman–Crippen LogP) is 2.44. The summed E-state index contributed by atoms with van der Waals surface area (Å²) in [4.78, 5) is 10.9. The van der Waals surface area contributed by atoms with Gasteiger partial charge in [-0.05, 0) is 38.0 Å². The first kappa shape index (κ1) is 16.0. The van der Waals surface area contributed by atoms with E-state index < -0.39 is 6.09 Å². The molecule has 0 aromatic rings. The molecule has 0 aromatic heterocycles. The van der Waals surface area contributed by atoms with Gasteiger partial charge < -0.3 is 4.74 Å². The van der Waals surface area contributed by atoms with E-state index in [0.29, 0.717) is 6.61 Å². The van der Waals surface area contributed by atoms with E-state index in [1.165, 1.54) is 32.1 Å². The average Bonchev–Trinajstić information content (AvgIpc) is 2.19. The minimum absolute atomic E-state index is 0. The van der Waals surface area contributed by atoms with Gasteiger partial charge in [0, 0.05) is 0 Å². The van der Waals surface area contributed by atoms with Crippen LogP contribution in [0.2, 0.25) is 0 Å². The van der Waals surface area contributed by atoms with Gasteiger partial charge in [0.15, 0.2) is 0 Å². The number of hydrogen-bond donors (Lipinski definition) is 2. The van der Waals surface area contributed by atoms with E-state index in [4.69, 9.17) is 4.74 Å². The molecular formula is C9H18NNaO2S2. The quantitative estimate of drug-likeness (QED) is 0.602. The molecule has 1 aliphatic carbocycles. The fourth-order valence-corrected chi connectivity index (χ4v) is 1.96. The number of thiol groups is 2. The Morgan fingerprint density at radius 1 is 1.27 bits per heavy atom. The zero-order valence-corrected chi connectivity index (χ0v) is 9.97. The standard InChI is InChI=1S/C9H17NO2S2.Na.H/c11-9(10(13)14)12-7-6-8-4-2-1-3-5-8;;/h8,13-14H,1-7H2;;. The van der Waals surface area contributed by atoms with Crippen molar-refractivity contribution < 1.29 is 9.53 Å². The first-order chi connectivity index (χ1) is 6.70. The van der Waals surface area contributed by atoms with Gasteiger partial charge in [-0.25, -0.2) is 4.79 Å². The van der Waals surface area contributed by atoms with Crippen molar-refractivity contribution in [2.45, 2.75) is 38.5 Å². The zero-order valence-electron chi connectivity index (χ0n) is 8.19. The van der Waals surface area contributed by atoms with Gasteiger partial charge in [0.2, 0.25) is 0 Å². The Morgan fingerprint density at radius 2 is 1.87 bits per heavy atom. The molecule has 15 heavy (non-hydrogen) atoms. The van der Waals surface area contributed by atoms with Crippen LogP contribution in [-0.4, -0.2) is 46.0 Å². The normalized spacial score (nSPS) is 16.7. The van der Waals surface area contributed by atoms with Crippen LogP contribution in [-0.2, 0) is 4.74 Å². The fourth-order valence-electron chi connectivity index (χ4n) is 1.85. The van der Waals surface area contributed by atoms with Crippen molar-refractivity contribution in [3.8, 4) is 0 Å². The van der Waals surface area contributed by atoms with Gasteiger partial charge in [0.1, 0.15) is 0 Å². The van der Waals surface area contributed by atoms with Gasteiger partial charge in [-0.15, -0.1) is 0 Å². The summed E-state index contributed by atoms with van der Waals surface area (Å²) in [7, 11) is 0. The fraction of sp³-hybridized carbons (Fsp3) is 0.889. The summed E-state index contributed by atoms with van der Waals surface area (Å²) < 4.78 is 5.80. The van der Waals surface area contributed by atoms with Gasteiger partial charge in [0.25, 0.3) is 0 Å². The Kier molecular flexibility index (Phi) is 9.63. The molecule has 0 spiro atoms. The molecule has 6 heteroatoms. The van der Waals surface area contributed by atoms with Gasteiger partial charge in [0.05, 0.1) is 6.61 Å². The second-order valence-corrected chi connectivity index (χ2v) is 4.81. The second-order valence-electron chi connectivity index (χ2n) is 3.70. The molecular weight excluding hydrogens is 241 g/mol. The first-order valence-corrected chi connectivity index (χ1v) is 5.85. The summed E-state index contributed by atoms with van der Waals surface area (Å²) in [5.74, 6) is 0.741. The van der Waals surface area contributed by atoms with Crippen LogP contribution < -0.4 is 0 Å². The number of nitrogens with zero attached hydrogens (tertiary/aromatic N) is 1. The molecule has 0 aromatic carbocycles. The molecule has 84 valence electrons. The van der Waals surface area contributed by atoms with Crippen LogP contribution in [0, 0.1) is 5.92 Å². The van der Waals surface area contributed by atoms with Crippen LogP contribution in [0.3, 0.4) is 0 Å². The van der Waals surface area contributed by atoms with Crippen molar-refractivity contribution in [3.63, 3.8) is 0 Å². The summed E-state index contributed by atoms with van der Waals surface area (Å²) in [6.45, 7) is 0.487. The summed E-state index contributed by atoms with van der Waals surface area (Å²) >= 11 is 7.43. The molecule has 0 aliphatic heterocycles. The molecule has 1 amide bonds. The van der Waals surface area contributed by atoms with Gasteiger partial charge in [-0.1, -0.05) is 32.1 Å². The Morgan fingerprint density at radius 3 is 2.40 bits per heavy atom. The van der Waals surface area contributed by atoms with E-state index in [1.54, 1.807) is 0 Å². The number of carbonyl (C=O) groups is 1. The molecule has 3 nitrogen and oxygen atoms in total. The summed E-state index contributed by atoms with van der Waals surface area (Å²) in [6, 6.07) is 0. The maximum absolute atomic E-state index is 10.9. The third-order valence-electron chi connectivity index (χ3n) is 2.64. The summed E-state index contributed by atoms with van der Waals surface area (Å²) in [5.41, 5.74) is 0. The Labute approximate surface area is 125 Å². The molecule has 0 atom stereocenters. The van der Waals surface area contributed by atoms with E-state index >= 15 is 0 Å². The monoisotopic (exact) mass is 259 g/mol. The molecule has 0 bridgehead atoms. The van der Waals surface area contributed by atoms with Crippen molar-refractivity contribution in [3.05, 3.63) is 0 Å². The molecule has 0 saturated heterocycles. The third-order valence-corrected chi connectivity index (χ3v) is 2.97. The maximum atomic E-state index is 10.9. The molecule has 1 aliphatic rings. The van der Waals surface area contributed by atoms with Crippen LogP contribution in [0.4, 0.5) is 4.79 Å². The summed E-state index contributed by atoms with van der Waals surface area (Å²) in [5, 5.41) is 0. The van der Waals surface area contributed by atoms with Crippen molar-refractivity contribution in [1.82, 2.24) is 3.71 Å². The Hall–Kier alpha value is 0.970. The van der Waals surface area contributed by atoms with E-state index in [2.05, 4.69) is 25.6 Å². The van der Waals surface area contributed by atoms with E-state index in [9.17, 15) is 4.79 Å². The van der Waals surface area contributed by atoms with Crippen molar-refractivity contribution in [1.29, 1.82) is 0 Å². The topological polar surface area (TPSA) is 29.5 Å². The van der Waals surface area contributed by atoms with Crippen molar-refractivity contribution in [2.24, 2.45) is 5.92 Å². The average molecular weight is 259 g/mol. The zero-order chi connectivity index (χ0) is 10.4. The molecule has 0 unspecified atom stereocenters. The molecule has 1 saturated carbocycles. The van der Waals surface area contributed by atoms with Crippen molar-refractivity contribution >= 4 is 61.3 Å². The summed E-state index contributed by atoms with van der Waals surface area (Å²) in [6.07, 6.45) is 7.05. The number of hydrogen-bond acceptors (Lipinski definition) is 4. The Balaban J connectivity index is 0.00000196. The SMILES string of the molecule is O=C(OCCC1CCCCC1)N(S)S.[NaH]. The van der Waals surface area contributed by atoms with Crippen LogP contribution in [0.5, 0.6) is 0 Å². The predicted molar refractivity (Wildman–Crippen MR) is 69.5 cm³/mol. The first-order valence-electron chi connectivity index (χ1n) is 5.05. The molecule has 1 rings (SSSR count). The van der Waals surface area contributed by atoms with Gasteiger partial charge >= 0.3 is 35.7 Å². The molecule has 0 N–H and O–H groups in total.